The van der Waals surface area contributed by atoms with E-state index in [1.54, 1.807) is 0 Å². The normalized spacial score (nSPS) is 21.1. The highest BCUT2D eigenvalue weighted by Gasteiger charge is 2.25. The third-order valence-electron chi connectivity index (χ3n) is 3.96. The van der Waals surface area contributed by atoms with Crippen molar-refractivity contribution in [3.8, 4) is 0 Å². The molecule has 20 heavy (non-hydrogen) atoms. The van der Waals surface area contributed by atoms with Crippen molar-refractivity contribution >= 4 is 0 Å². The number of hydrogen-bond acceptors (Lipinski definition) is 2. The van der Waals surface area contributed by atoms with Crippen LogP contribution in [0.15, 0.2) is 24.3 Å². The fourth-order valence-electron chi connectivity index (χ4n) is 3.10. The lowest BCUT2D eigenvalue weighted by atomic mass is 9.93. The van der Waals surface area contributed by atoms with E-state index in [-0.39, 0.29) is 0 Å². The van der Waals surface area contributed by atoms with Crippen molar-refractivity contribution in [3.05, 3.63) is 35.4 Å². The Morgan fingerprint density at radius 2 is 2.15 bits per heavy atom. The summed E-state index contributed by atoms with van der Waals surface area (Å²) in [5, 5.41) is 3.62. The summed E-state index contributed by atoms with van der Waals surface area (Å²) < 4.78 is 6.01. The molecule has 0 saturated carbocycles. The van der Waals surface area contributed by atoms with Crippen molar-refractivity contribution in [2.24, 2.45) is 5.92 Å². The Labute approximate surface area is 123 Å². The molecule has 0 amide bonds. The lowest BCUT2D eigenvalue weighted by Gasteiger charge is -2.31. The molecule has 1 fully saturated rings. The molecule has 1 heterocycles. The minimum atomic E-state index is 0.331. The van der Waals surface area contributed by atoms with Crippen LogP contribution in [-0.2, 0) is 11.2 Å². The Kier molecular flexibility index (Phi) is 6.06. The molecular formula is C18H29NO. The first kappa shape index (κ1) is 15.5. The standard InChI is InChI=1S/C18H29NO/c1-4-19-18(17-10-5-6-11-20-17)16-9-7-8-15(13-16)12-14(2)3/h7-9,13-14,17-19H,4-6,10-12H2,1-3H3. The van der Waals surface area contributed by atoms with E-state index in [0.717, 1.165) is 19.6 Å². The van der Waals surface area contributed by atoms with E-state index in [0.29, 0.717) is 18.1 Å². The van der Waals surface area contributed by atoms with Gasteiger partial charge in [0.1, 0.15) is 0 Å². The van der Waals surface area contributed by atoms with Gasteiger partial charge in [0.2, 0.25) is 0 Å². The summed E-state index contributed by atoms with van der Waals surface area (Å²) in [7, 11) is 0. The van der Waals surface area contributed by atoms with Gasteiger partial charge in [0.25, 0.3) is 0 Å². The van der Waals surface area contributed by atoms with Crippen LogP contribution in [0.1, 0.15) is 57.2 Å². The van der Waals surface area contributed by atoms with E-state index >= 15 is 0 Å². The van der Waals surface area contributed by atoms with E-state index in [1.165, 1.54) is 30.4 Å². The lowest BCUT2D eigenvalue weighted by molar-refractivity contribution is -0.00787. The molecule has 0 aromatic heterocycles. The summed E-state index contributed by atoms with van der Waals surface area (Å²) in [5.41, 5.74) is 2.83. The van der Waals surface area contributed by atoms with Crippen LogP contribution in [-0.4, -0.2) is 19.3 Å². The van der Waals surface area contributed by atoms with Crippen molar-refractivity contribution in [2.45, 2.75) is 58.6 Å². The monoisotopic (exact) mass is 275 g/mol. The summed E-state index contributed by atoms with van der Waals surface area (Å²) >= 11 is 0. The number of rotatable bonds is 6. The van der Waals surface area contributed by atoms with Gasteiger partial charge in [0.05, 0.1) is 12.1 Å². The van der Waals surface area contributed by atoms with Gasteiger partial charge >= 0.3 is 0 Å². The molecule has 1 aliphatic heterocycles. The average Bonchev–Trinajstić information content (AvgIpc) is 2.45. The molecule has 2 atom stereocenters. The van der Waals surface area contributed by atoms with Gasteiger partial charge in [0.15, 0.2) is 0 Å². The fraction of sp³-hybridized carbons (Fsp3) is 0.667. The van der Waals surface area contributed by atoms with Gasteiger partial charge in [-0.25, -0.2) is 0 Å². The number of benzene rings is 1. The maximum absolute atomic E-state index is 6.01. The van der Waals surface area contributed by atoms with Gasteiger partial charge in [-0.05, 0) is 49.3 Å². The molecule has 1 aliphatic rings. The Bertz CT molecular complexity index is 396. The summed E-state index contributed by atoms with van der Waals surface area (Å²) in [5.74, 6) is 0.703. The number of nitrogens with one attached hydrogen (secondary N) is 1. The molecule has 2 nitrogen and oxygen atoms in total. The highest BCUT2D eigenvalue weighted by atomic mass is 16.5. The molecule has 0 bridgehead atoms. The van der Waals surface area contributed by atoms with Crippen molar-refractivity contribution in [3.63, 3.8) is 0 Å². The quantitative estimate of drug-likeness (QED) is 0.843. The van der Waals surface area contributed by atoms with Crippen LogP contribution in [0.3, 0.4) is 0 Å². The molecule has 2 rings (SSSR count). The molecule has 1 aromatic rings. The molecule has 2 unspecified atom stereocenters. The van der Waals surface area contributed by atoms with Crippen LogP contribution in [0.5, 0.6) is 0 Å². The Morgan fingerprint density at radius 1 is 1.30 bits per heavy atom. The van der Waals surface area contributed by atoms with Crippen LogP contribution in [0, 0.1) is 5.92 Å². The van der Waals surface area contributed by atoms with Crippen molar-refractivity contribution in [1.29, 1.82) is 0 Å². The van der Waals surface area contributed by atoms with E-state index < -0.39 is 0 Å². The molecule has 1 aromatic carbocycles. The van der Waals surface area contributed by atoms with Gasteiger partial charge in [-0.3, -0.25) is 0 Å². The first-order chi connectivity index (χ1) is 9.70. The minimum Gasteiger partial charge on any atom is -0.376 e. The zero-order chi connectivity index (χ0) is 14.4. The van der Waals surface area contributed by atoms with Crippen molar-refractivity contribution in [1.82, 2.24) is 5.32 Å². The smallest absolute Gasteiger partial charge is 0.0769 e. The Hall–Kier alpha value is -0.860. The zero-order valence-electron chi connectivity index (χ0n) is 13.2. The first-order valence-corrected chi connectivity index (χ1v) is 8.14. The number of ether oxygens (including phenoxy) is 1. The Balaban J connectivity index is 2.15. The SMILES string of the molecule is CCNC(c1cccc(CC(C)C)c1)C1CCCCO1. The van der Waals surface area contributed by atoms with Crippen LogP contribution >= 0.6 is 0 Å². The molecule has 1 N–H and O–H groups in total. The van der Waals surface area contributed by atoms with E-state index in [9.17, 15) is 0 Å². The lowest BCUT2D eigenvalue weighted by Crippen LogP contribution is -2.36. The van der Waals surface area contributed by atoms with Crippen molar-refractivity contribution < 1.29 is 4.74 Å². The van der Waals surface area contributed by atoms with E-state index in [4.69, 9.17) is 4.74 Å². The molecule has 0 spiro atoms. The predicted octanol–water partition coefficient (Wildman–Crippen LogP) is 4.10. The summed E-state index contributed by atoms with van der Waals surface area (Å²) in [6.45, 7) is 8.63. The average molecular weight is 275 g/mol. The molecular weight excluding hydrogens is 246 g/mol. The van der Waals surface area contributed by atoms with E-state index in [2.05, 4.69) is 50.4 Å². The minimum absolute atomic E-state index is 0.331. The molecule has 0 radical (unpaired) electrons. The zero-order valence-corrected chi connectivity index (χ0v) is 13.2. The van der Waals surface area contributed by atoms with Gasteiger partial charge < -0.3 is 10.1 Å². The first-order valence-electron chi connectivity index (χ1n) is 8.14. The topological polar surface area (TPSA) is 21.3 Å². The number of hydrogen-bond donors (Lipinski definition) is 1. The highest BCUT2D eigenvalue weighted by molar-refractivity contribution is 5.27. The second-order valence-electron chi connectivity index (χ2n) is 6.28. The molecule has 2 heteroatoms. The van der Waals surface area contributed by atoms with Gasteiger partial charge in [-0.15, -0.1) is 0 Å². The van der Waals surface area contributed by atoms with E-state index in [1.807, 2.05) is 0 Å². The van der Waals surface area contributed by atoms with Gasteiger partial charge in [0, 0.05) is 6.61 Å². The van der Waals surface area contributed by atoms with Gasteiger partial charge in [-0.2, -0.15) is 0 Å². The molecule has 112 valence electrons. The third-order valence-corrected chi connectivity index (χ3v) is 3.96. The number of likely N-dealkylation sites (N-methyl/N-ethyl adjacent to an activating group) is 1. The van der Waals surface area contributed by atoms with Crippen LogP contribution < -0.4 is 5.32 Å². The Morgan fingerprint density at radius 3 is 2.80 bits per heavy atom. The van der Waals surface area contributed by atoms with Crippen LogP contribution in [0.2, 0.25) is 0 Å². The molecule has 1 saturated heterocycles. The predicted molar refractivity (Wildman–Crippen MR) is 85.0 cm³/mol. The van der Waals surface area contributed by atoms with Crippen LogP contribution in [0.4, 0.5) is 0 Å². The maximum atomic E-state index is 6.01. The largest absolute Gasteiger partial charge is 0.376 e. The highest BCUT2D eigenvalue weighted by Crippen LogP contribution is 2.27. The van der Waals surface area contributed by atoms with Gasteiger partial charge in [-0.1, -0.05) is 45.0 Å². The van der Waals surface area contributed by atoms with Crippen molar-refractivity contribution in [2.75, 3.05) is 13.2 Å². The summed E-state index contributed by atoms with van der Waals surface area (Å²) in [6, 6.07) is 9.39. The second kappa shape index (κ2) is 7.80. The third kappa shape index (κ3) is 4.32. The summed E-state index contributed by atoms with van der Waals surface area (Å²) in [6.07, 6.45) is 5.16. The molecule has 0 aliphatic carbocycles. The summed E-state index contributed by atoms with van der Waals surface area (Å²) in [4.78, 5) is 0. The fourth-order valence-corrected chi connectivity index (χ4v) is 3.10. The second-order valence-corrected chi connectivity index (χ2v) is 6.28. The maximum Gasteiger partial charge on any atom is 0.0769 e. The van der Waals surface area contributed by atoms with Crippen LogP contribution in [0.25, 0.3) is 0 Å².